The second-order valence-electron chi connectivity index (χ2n) is 5.27. The third kappa shape index (κ3) is 2.54. The third-order valence-electron chi connectivity index (χ3n) is 3.93. The van der Waals surface area contributed by atoms with E-state index in [0.29, 0.717) is 0 Å². The van der Waals surface area contributed by atoms with Crippen LogP contribution < -0.4 is 14.8 Å². The smallest absolute Gasteiger partial charge is 0.161 e. The van der Waals surface area contributed by atoms with E-state index in [1.165, 1.54) is 22.4 Å². The SMILES string of the molecule is COc1ccc(C2Cc3cc(Cl)cc(C)c3N2)cc1OC. The van der Waals surface area contributed by atoms with E-state index in [1.807, 2.05) is 24.3 Å². The molecule has 3 nitrogen and oxygen atoms in total. The van der Waals surface area contributed by atoms with Gasteiger partial charge in [0.1, 0.15) is 0 Å². The fourth-order valence-electron chi connectivity index (χ4n) is 2.90. The fraction of sp³-hybridized carbons (Fsp3) is 0.294. The van der Waals surface area contributed by atoms with Crippen LogP contribution in [0.5, 0.6) is 11.5 Å². The highest BCUT2D eigenvalue weighted by atomic mass is 35.5. The van der Waals surface area contributed by atoms with Crippen LogP contribution in [0.25, 0.3) is 0 Å². The van der Waals surface area contributed by atoms with Crippen molar-refractivity contribution in [3.05, 3.63) is 52.0 Å². The molecule has 0 radical (unpaired) electrons. The van der Waals surface area contributed by atoms with Gasteiger partial charge < -0.3 is 14.8 Å². The van der Waals surface area contributed by atoms with E-state index in [4.69, 9.17) is 21.1 Å². The van der Waals surface area contributed by atoms with E-state index in [-0.39, 0.29) is 6.04 Å². The van der Waals surface area contributed by atoms with Gasteiger partial charge in [0.2, 0.25) is 0 Å². The van der Waals surface area contributed by atoms with Crippen LogP contribution >= 0.6 is 11.6 Å². The zero-order valence-corrected chi connectivity index (χ0v) is 13.1. The highest BCUT2D eigenvalue weighted by molar-refractivity contribution is 6.30. The summed E-state index contributed by atoms with van der Waals surface area (Å²) in [6, 6.07) is 10.3. The van der Waals surface area contributed by atoms with Crippen molar-refractivity contribution in [2.45, 2.75) is 19.4 Å². The molecule has 1 aliphatic heterocycles. The Morgan fingerprint density at radius 1 is 1.10 bits per heavy atom. The Balaban J connectivity index is 1.92. The molecule has 1 heterocycles. The summed E-state index contributed by atoms with van der Waals surface area (Å²) >= 11 is 6.15. The van der Waals surface area contributed by atoms with Crippen molar-refractivity contribution in [3.8, 4) is 11.5 Å². The lowest BCUT2D eigenvalue weighted by atomic mass is 10.0. The minimum atomic E-state index is 0.233. The molecular weight excluding hydrogens is 286 g/mol. The molecule has 0 aliphatic carbocycles. The molecule has 110 valence electrons. The van der Waals surface area contributed by atoms with Crippen LogP contribution in [0.4, 0.5) is 5.69 Å². The molecule has 3 rings (SSSR count). The fourth-order valence-corrected chi connectivity index (χ4v) is 3.19. The maximum atomic E-state index is 6.15. The Labute approximate surface area is 129 Å². The van der Waals surface area contributed by atoms with Crippen LogP contribution in [0.15, 0.2) is 30.3 Å². The molecule has 0 fully saturated rings. The van der Waals surface area contributed by atoms with Gasteiger partial charge in [-0.05, 0) is 54.3 Å². The lowest BCUT2D eigenvalue weighted by Gasteiger charge is -2.15. The molecule has 1 atom stereocenters. The number of hydrogen-bond donors (Lipinski definition) is 1. The van der Waals surface area contributed by atoms with Gasteiger partial charge >= 0.3 is 0 Å². The van der Waals surface area contributed by atoms with Crippen LogP contribution in [0.1, 0.15) is 22.7 Å². The van der Waals surface area contributed by atoms with E-state index in [1.54, 1.807) is 14.2 Å². The number of fused-ring (bicyclic) bond motifs is 1. The first-order valence-corrected chi connectivity index (χ1v) is 7.27. The second kappa shape index (κ2) is 5.49. The quantitative estimate of drug-likeness (QED) is 0.913. The monoisotopic (exact) mass is 303 g/mol. The van der Waals surface area contributed by atoms with Crippen LogP contribution in [0, 0.1) is 6.92 Å². The van der Waals surface area contributed by atoms with E-state index >= 15 is 0 Å². The first kappa shape index (κ1) is 14.1. The topological polar surface area (TPSA) is 30.5 Å². The summed E-state index contributed by atoms with van der Waals surface area (Å²) in [7, 11) is 3.30. The Bertz CT molecular complexity index is 685. The minimum absolute atomic E-state index is 0.233. The lowest BCUT2D eigenvalue weighted by Crippen LogP contribution is -2.06. The van der Waals surface area contributed by atoms with Crippen LogP contribution in [-0.2, 0) is 6.42 Å². The molecular formula is C17H18ClNO2. The van der Waals surface area contributed by atoms with Crippen molar-refractivity contribution in [2.24, 2.45) is 0 Å². The summed E-state index contributed by atoms with van der Waals surface area (Å²) in [5.41, 5.74) is 4.82. The van der Waals surface area contributed by atoms with E-state index in [2.05, 4.69) is 18.3 Å². The van der Waals surface area contributed by atoms with Crippen molar-refractivity contribution in [2.75, 3.05) is 19.5 Å². The first-order valence-electron chi connectivity index (χ1n) is 6.90. The average Bonchev–Trinajstić information content (AvgIpc) is 2.90. The standard InChI is InChI=1S/C17H18ClNO2/c1-10-6-13(18)7-12-8-14(19-17(10)12)11-4-5-15(20-2)16(9-11)21-3/h4-7,9,14,19H,8H2,1-3H3. The Morgan fingerprint density at radius 3 is 2.57 bits per heavy atom. The van der Waals surface area contributed by atoms with Gasteiger partial charge in [0, 0.05) is 10.7 Å². The van der Waals surface area contributed by atoms with Crippen molar-refractivity contribution >= 4 is 17.3 Å². The van der Waals surface area contributed by atoms with Gasteiger partial charge in [-0.1, -0.05) is 17.7 Å². The minimum Gasteiger partial charge on any atom is -0.493 e. The lowest BCUT2D eigenvalue weighted by molar-refractivity contribution is 0.354. The first-order chi connectivity index (χ1) is 10.1. The molecule has 0 spiro atoms. The molecule has 2 aromatic rings. The molecule has 1 N–H and O–H groups in total. The normalized spacial score (nSPS) is 16.3. The number of rotatable bonds is 3. The van der Waals surface area contributed by atoms with Gasteiger partial charge in [0.15, 0.2) is 11.5 Å². The number of aryl methyl sites for hydroxylation is 1. The molecule has 0 bridgehead atoms. The molecule has 0 saturated heterocycles. The largest absolute Gasteiger partial charge is 0.493 e. The molecule has 2 aromatic carbocycles. The van der Waals surface area contributed by atoms with Gasteiger partial charge in [0.05, 0.1) is 20.3 Å². The van der Waals surface area contributed by atoms with Gasteiger partial charge in [0.25, 0.3) is 0 Å². The van der Waals surface area contributed by atoms with Crippen molar-refractivity contribution < 1.29 is 9.47 Å². The van der Waals surface area contributed by atoms with Crippen LogP contribution in [0.2, 0.25) is 5.02 Å². The molecule has 0 saturated carbocycles. The number of nitrogens with one attached hydrogen (secondary N) is 1. The van der Waals surface area contributed by atoms with Crippen molar-refractivity contribution in [3.63, 3.8) is 0 Å². The van der Waals surface area contributed by atoms with Gasteiger partial charge in [-0.3, -0.25) is 0 Å². The number of benzene rings is 2. The van der Waals surface area contributed by atoms with Gasteiger partial charge in [-0.25, -0.2) is 0 Å². The second-order valence-corrected chi connectivity index (χ2v) is 5.71. The van der Waals surface area contributed by atoms with Crippen molar-refractivity contribution in [1.82, 2.24) is 0 Å². The molecule has 0 aromatic heterocycles. The van der Waals surface area contributed by atoms with E-state index in [0.717, 1.165) is 22.9 Å². The zero-order valence-electron chi connectivity index (χ0n) is 12.4. The summed E-state index contributed by atoms with van der Waals surface area (Å²) in [4.78, 5) is 0. The number of ether oxygens (including phenoxy) is 2. The molecule has 21 heavy (non-hydrogen) atoms. The molecule has 1 unspecified atom stereocenters. The highest BCUT2D eigenvalue weighted by Crippen LogP contribution is 2.40. The Kier molecular flexibility index (Phi) is 3.68. The maximum absolute atomic E-state index is 6.15. The van der Waals surface area contributed by atoms with Crippen LogP contribution in [0.3, 0.4) is 0 Å². The summed E-state index contributed by atoms with van der Waals surface area (Å²) in [6.07, 6.45) is 0.923. The number of methoxy groups -OCH3 is 2. The van der Waals surface area contributed by atoms with E-state index in [9.17, 15) is 0 Å². The molecule has 1 aliphatic rings. The predicted octanol–water partition coefficient (Wildman–Crippen LogP) is 4.37. The zero-order chi connectivity index (χ0) is 15.0. The Hall–Kier alpha value is -1.87. The highest BCUT2D eigenvalue weighted by Gasteiger charge is 2.24. The van der Waals surface area contributed by atoms with Crippen LogP contribution in [-0.4, -0.2) is 14.2 Å². The summed E-state index contributed by atoms with van der Waals surface area (Å²) in [6.45, 7) is 2.08. The van der Waals surface area contributed by atoms with E-state index < -0.39 is 0 Å². The van der Waals surface area contributed by atoms with Crippen molar-refractivity contribution in [1.29, 1.82) is 0 Å². The van der Waals surface area contributed by atoms with Gasteiger partial charge in [-0.2, -0.15) is 0 Å². The third-order valence-corrected chi connectivity index (χ3v) is 4.15. The number of hydrogen-bond acceptors (Lipinski definition) is 3. The average molecular weight is 304 g/mol. The Morgan fingerprint density at radius 2 is 1.86 bits per heavy atom. The summed E-state index contributed by atoms with van der Waals surface area (Å²) in [5.74, 6) is 1.50. The number of anilines is 1. The summed E-state index contributed by atoms with van der Waals surface area (Å²) < 4.78 is 10.7. The number of halogens is 1. The summed E-state index contributed by atoms with van der Waals surface area (Å²) in [5, 5.41) is 4.37. The molecule has 4 heteroatoms. The maximum Gasteiger partial charge on any atom is 0.161 e. The van der Waals surface area contributed by atoms with Gasteiger partial charge in [-0.15, -0.1) is 0 Å². The molecule has 0 amide bonds. The predicted molar refractivity (Wildman–Crippen MR) is 85.8 cm³/mol.